The van der Waals surface area contributed by atoms with E-state index in [1.54, 1.807) is 16.7 Å². The Morgan fingerprint density at radius 3 is 1.32 bits per heavy atom. The second-order valence-corrected chi connectivity index (χ2v) is 10.5. The zero-order valence-corrected chi connectivity index (χ0v) is 21.6. The summed E-state index contributed by atoms with van der Waals surface area (Å²) in [5.74, 6) is 3.06. The second-order valence-electron chi connectivity index (χ2n) is 10.5. The van der Waals surface area contributed by atoms with Crippen molar-refractivity contribution in [1.29, 1.82) is 0 Å². The van der Waals surface area contributed by atoms with Gasteiger partial charge in [0.2, 0.25) is 0 Å². The van der Waals surface area contributed by atoms with Gasteiger partial charge < -0.3 is 0 Å². The zero-order valence-electron chi connectivity index (χ0n) is 21.6. The fraction of sp³-hybridized carbons (Fsp3) is 0.484. The normalized spacial score (nSPS) is 11.7. The van der Waals surface area contributed by atoms with Crippen LogP contribution in [0.5, 0.6) is 0 Å². The molecule has 0 bridgehead atoms. The molecule has 3 aromatic rings. The molecule has 0 unspecified atom stereocenters. The van der Waals surface area contributed by atoms with Crippen molar-refractivity contribution in [3.8, 4) is 0 Å². The van der Waals surface area contributed by atoms with Crippen molar-refractivity contribution in [2.45, 2.75) is 98.8 Å². The highest BCUT2D eigenvalue weighted by atomic mass is 14.2. The minimum absolute atomic E-state index is 0.610. The van der Waals surface area contributed by atoms with Gasteiger partial charge in [-0.3, -0.25) is 0 Å². The first kappa shape index (κ1) is 25.2. The highest BCUT2D eigenvalue weighted by Crippen LogP contribution is 2.36. The van der Waals surface area contributed by atoms with Crippen molar-refractivity contribution < 1.29 is 0 Å². The van der Waals surface area contributed by atoms with Gasteiger partial charge in [-0.15, -0.1) is 0 Å². The summed E-state index contributed by atoms with van der Waals surface area (Å²) < 4.78 is 0. The van der Waals surface area contributed by atoms with Crippen LogP contribution in [-0.2, 0) is 0 Å². The molecule has 0 amide bonds. The molecular formula is C31H44. The number of hydrogen-bond acceptors (Lipinski definition) is 0. The predicted molar refractivity (Wildman–Crippen MR) is 141 cm³/mol. The van der Waals surface area contributed by atoms with Gasteiger partial charge in [-0.05, 0) is 68.2 Å². The van der Waals surface area contributed by atoms with Crippen LogP contribution >= 0.6 is 0 Å². The molecule has 0 fully saturated rings. The standard InChI is InChI=1S/C18H30.C13H14/c1-11(2)15-9-16(12(3)4)18(14(7)8)17(10-15)13(5)6;1-10(2)12-8-7-11-5-3-4-6-13(11)9-12/h9-14H,1-8H3;3-10H,1-2H3. The third-order valence-electron chi connectivity index (χ3n) is 6.19. The maximum atomic E-state index is 2.44. The third kappa shape index (κ3) is 6.45. The van der Waals surface area contributed by atoms with E-state index in [1.165, 1.54) is 21.9 Å². The molecule has 3 aromatic carbocycles. The van der Waals surface area contributed by atoms with E-state index >= 15 is 0 Å². The maximum absolute atomic E-state index is 2.44. The molecule has 0 N–H and O–H groups in total. The van der Waals surface area contributed by atoms with Crippen molar-refractivity contribution >= 4 is 10.8 Å². The molecule has 0 nitrogen and oxygen atoms in total. The van der Waals surface area contributed by atoms with Crippen LogP contribution in [0, 0.1) is 0 Å². The van der Waals surface area contributed by atoms with E-state index in [-0.39, 0.29) is 0 Å². The lowest BCUT2D eigenvalue weighted by molar-refractivity contribution is 0.737. The smallest absolute Gasteiger partial charge is 0.0181 e. The quantitative estimate of drug-likeness (QED) is 0.388. The maximum Gasteiger partial charge on any atom is -0.0181 e. The Morgan fingerprint density at radius 1 is 0.419 bits per heavy atom. The molecule has 0 spiro atoms. The van der Waals surface area contributed by atoms with Crippen LogP contribution in [0.25, 0.3) is 10.8 Å². The molecule has 0 heteroatoms. The van der Waals surface area contributed by atoms with Gasteiger partial charge in [-0.25, -0.2) is 0 Å². The van der Waals surface area contributed by atoms with E-state index in [0.717, 1.165) is 0 Å². The third-order valence-corrected chi connectivity index (χ3v) is 6.19. The molecule has 0 heterocycles. The SMILES string of the molecule is CC(C)c1cc(C(C)C)c(C(C)C)c(C(C)C)c1.CC(C)c1ccc2ccccc2c1. The fourth-order valence-electron chi connectivity index (χ4n) is 4.25. The number of hydrogen-bond donors (Lipinski definition) is 0. The van der Waals surface area contributed by atoms with Gasteiger partial charge in [0.05, 0.1) is 0 Å². The molecule has 0 saturated carbocycles. The van der Waals surface area contributed by atoms with E-state index in [9.17, 15) is 0 Å². The summed E-state index contributed by atoms with van der Waals surface area (Å²) in [5, 5.41) is 2.67. The van der Waals surface area contributed by atoms with Crippen molar-refractivity contribution in [3.63, 3.8) is 0 Å². The van der Waals surface area contributed by atoms with Crippen LogP contribution < -0.4 is 0 Å². The fourth-order valence-corrected chi connectivity index (χ4v) is 4.25. The monoisotopic (exact) mass is 416 g/mol. The number of rotatable bonds is 5. The summed E-state index contributed by atoms with van der Waals surface area (Å²) in [6.07, 6.45) is 0. The molecule has 0 saturated heterocycles. The van der Waals surface area contributed by atoms with Crippen molar-refractivity contribution in [2.75, 3.05) is 0 Å². The predicted octanol–water partition coefficient (Wildman–Crippen LogP) is 10.1. The topological polar surface area (TPSA) is 0 Å². The average Bonchev–Trinajstić information content (AvgIpc) is 2.72. The minimum Gasteiger partial charge on any atom is -0.0616 e. The first-order valence-electron chi connectivity index (χ1n) is 12.2. The molecule has 31 heavy (non-hydrogen) atoms. The minimum atomic E-state index is 0.610. The van der Waals surface area contributed by atoms with Crippen LogP contribution in [0.4, 0.5) is 0 Å². The molecule has 3 rings (SSSR count). The van der Waals surface area contributed by atoms with Gasteiger partial charge in [-0.1, -0.05) is 124 Å². The Balaban J connectivity index is 0.000000231. The van der Waals surface area contributed by atoms with Crippen molar-refractivity contribution in [2.24, 2.45) is 0 Å². The molecule has 168 valence electrons. The van der Waals surface area contributed by atoms with Gasteiger partial charge in [0.15, 0.2) is 0 Å². The van der Waals surface area contributed by atoms with Crippen molar-refractivity contribution in [3.05, 3.63) is 82.4 Å². The first-order chi connectivity index (χ1) is 14.5. The lowest BCUT2D eigenvalue weighted by atomic mass is 9.80. The molecule has 0 aromatic heterocycles. The second kappa shape index (κ2) is 11.0. The van der Waals surface area contributed by atoms with E-state index in [1.807, 2.05) is 0 Å². The summed E-state index contributed by atoms with van der Waals surface area (Å²) in [4.78, 5) is 0. The first-order valence-corrected chi connectivity index (χ1v) is 12.2. The summed E-state index contributed by atoms with van der Waals surface area (Å²) >= 11 is 0. The summed E-state index contributed by atoms with van der Waals surface area (Å²) in [7, 11) is 0. The van der Waals surface area contributed by atoms with Gasteiger partial charge >= 0.3 is 0 Å². The summed E-state index contributed by atoms with van der Waals surface area (Å²) in [6, 6.07) is 20.1. The van der Waals surface area contributed by atoms with Crippen molar-refractivity contribution in [1.82, 2.24) is 0 Å². The van der Waals surface area contributed by atoms with Crippen LogP contribution in [0.1, 0.15) is 127 Å². The van der Waals surface area contributed by atoms with E-state index in [4.69, 9.17) is 0 Å². The molecule has 0 atom stereocenters. The lowest BCUT2D eigenvalue weighted by Gasteiger charge is -2.25. The average molecular weight is 417 g/mol. The van der Waals surface area contributed by atoms with E-state index in [0.29, 0.717) is 29.6 Å². The zero-order chi connectivity index (χ0) is 23.3. The van der Waals surface area contributed by atoms with Crippen LogP contribution in [0.3, 0.4) is 0 Å². The van der Waals surface area contributed by atoms with E-state index in [2.05, 4.69) is 124 Å². The van der Waals surface area contributed by atoms with Gasteiger partial charge in [0.25, 0.3) is 0 Å². The molecule has 0 aliphatic carbocycles. The molecular weight excluding hydrogens is 372 g/mol. The Hall–Kier alpha value is -2.08. The highest BCUT2D eigenvalue weighted by Gasteiger charge is 2.18. The summed E-state index contributed by atoms with van der Waals surface area (Å²) in [5.41, 5.74) is 7.61. The Bertz CT molecular complexity index is 941. The Morgan fingerprint density at radius 2 is 0.903 bits per heavy atom. The molecule has 0 radical (unpaired) electrons. The number of benzene rings is 3. The Labute approximate surface area is 192 Å². The molecule has 0 aliphatic rings. The van der Waals surface area contributed by atoms with Crippen LogP contribution in [0.2, 0.25) is 0 Å². The highest BCUT2D eigenvalue weighted by molar-refractivity contribution is 5.83. The molecule has 0 aliphatic heterocycles. The summed E-state index contributed by atoms with van der Waals surface area (Å²) in [6.45, 7) is 22.9. The number of fused-ring (bicyclic) bond motifs is 1. The van der Waals surface area contributed by atoms with Crippen LogP contribution in [-0.4, -0.2) is 0 Å². The lowest BCUT2D eigenvalue weighted by Crippen LogP contribution is -2.07. The van der Waals surface area contributed by atoms with Gasteiger partial charge in [0.1, 0.15) is 0 Å². The van der Waals surface area contributed by atoms with Crippen LogP contribution in [0.15, 0.2) is 54.6 Å². The van der Waals surface area contributed by atoms with Gasteiger partial charge in [0, 0.05) is 0 Å². The largest absolute Gasteiger partial charge is 0.0616 e. The Kier molecular flexibility index (Phi) is 8.92. The van der Waals surface area contributed by atoms with Gasteiger partial charge in [-0.2, -0.15) is 0 Å². The van der Waals surface area contributed by atoms with E-state index < -0.39 is 0 Å².